The Hall–Kier alpha value is -1.35. The highest BCUT2D eigenvalue weighted by atomic mass is 16.7. The number of aliphatic imine (C=N–C) groups is 1. The molecule has 12 heavy (non-hydrogen) atoms. The van der Waals surface area contributed by atoms with Crippen molar-refractivity contribution in [2.45, 2.75) is 13.2 Å². The predicted molar refractivity (Wildman–Crippen MR) is 46.9 cm³/mol. The first-order valence-electron chi connectivity index (χ1n) is 3.84. The Labute approximate surface area is 71.2 Å². The van der Waals surface area contributed by atoms with E-state index in [4.69, 9.17) is 4.84 Å². The normalized spacial score (nSPS) is 21.8. The first-order chi connectivity index (χ1) is 5.86. The van der Waals surface area contributed by atoms with Crippen molar-refractivity contribution in [3.05, 3.63) is 30.3 Å². The van der Waals surface area contributed by atoms with Gasteiger partial charge in [-0.25, -0.2) is 9.83 Å². The van der Waals surface area contributed by atoms with E-state index in [9.17, 15) is 0 Å². The number of nitrogens with zero attached hydrogens (tertiary/aromatic N) is 2. The molecule has 0 fully saturated rings. The lowest BCUT2D eigenvalue weighted by molar-refractivity contribution is 0.101. The van der Waals surface area contributed by atoms with Crippen molar-refractivity contribution in [1.29, 1.82) is 0 Å². The smallest absolute Gasteiger partial charge is 0.201 e. The number of hydrogen-bond acceptors (Lipinski definition) is 3. The number of hydrogen-bond donors (Lipinski definition) is 0. The molecule has 3 nitrogen and oxygen atoms in total. The first-order valence-corrected chi connectivity index (χ1v) is 3.84. The van der Waals surface area contributed by atoms with Gasteiger partial charge in [-0.2, -0.15) is 5.06 Å². The Morgan fingerprint density at radius 2 is 2.17 bits per heavy atom. The zero-order valence-electron chi connectivity index (χ0n) is 6.77. The molecule has 0 saturated carbocycles. The first kappa shape index (κ1) is 7.31. The van der Waals surface area contributed by atoms with Crippen LogP contribution in [0.2, 0.25) is 0 Å². The second kappa shape index (κ2) is 2.95. The fourth-order valence-corrected chi connectivity index (χ4v) is 1.02. The van der Waals surface area contributed by atoms with Gasteiger partial charge in [0.15, 0.2) is 6.23 Å². The second-order valence-corrected chi connectivity index (χ2v) is 2.56. The zero-order chi connectivity index (χ0) is 8.39. The average molecular weight is 161 g/mol. The van der Waals surface area contributed by atoms with Crippen molar-refractivity contribution >= 4 is 12.0 Å². The van der Waals surface area contributed by atoms with Crippen molar-refractivity contribution in [2.24, 2.45) is 4.99 Å². The van der Waals surface area contributed by atoms with Crippen LogP contribution in [0.25, 0.3) is 0 Å². The van der Waals surface area contributed by atoms with Gasteiger partial charge in [0, 0.05) is 0 Å². The van der Waals surface area contributed by atoms with Gasteiger partial charge >= 0.3 is 0 Å². The second-order valence-electron chi connectivity index (χ2n) is 2.56. The van der Waals surface area contributed by atoms with Gasteiger partial charge in [0.1, 0.15) is 0 Å². The van der Waals surface area contributed by atoms with Crippen molar-refractivity contribution in [3.63, 3.8) is 0 Å². The van der Waals surface area contributed by atoms with E-state index in [-0.39, 0.29) is 6.23 Å². The van der Waals surface area contributed by atoms with Crippen LogP contribution < -0.4 is 5.06 Å². The molecule has 1 aliphatic rings. The van der Waals surface area contributed by atoms with Gasteiger partial charge in [-0.3, -0.25) is 0 Å². The van der Waals surface area contributed by atoms with Crippen molar-refractivity contribution in [2.75, 3.05) is 5.06 Å². The highest BCUT2D eigenvalue weighted by molar-refractivity contribution is 5.77. The van der Waals surface area contributed by atoms with Gasteiger partial charge in [-0.15, -0.1) is 0 Å². The molecule has 0 aliphatic carbocycles. The average Bonchev–Trinajstić information content (AvgIpc) is 2.54. The molecule has 1 aromatic rings. The van der Waals surface area contributed by atoms with Crippen LogP contribution in [0.1, 0.15) is 6.92 Å². The maximum atomic E-state index is 5.30. The van der Waals surface area contributed by atoms with Crippen molar-refractivity contribution in [1.82, 2.24) is 0 Å². The summed E-state index contributed by atoms with van der Waals surface area (Å²) in [6, 6.07) is 9.74. The molecule has 0 bridgehead atoms. The van der Waals surface area contributed by atoms with E-state index in [1.807, 2.05) is 37.3 Å². The maximum Gasteiger partial charge on any atom is 0.201 e. The summed E-state index contributed by atoms with van der Waals surface area (Å²) in [5.74, 6) is 0. The van der Waals surface area contributed by atoms with Gasteiger partial charge < -0.3 is 0 Å². The van der Waals surface area contributed by atoms with Gasteiger partial charge in [0.25, 0.3) is 0 Å². The summed E-state index contributed by atoms with van der Waals surface area (Å²) in [7, 11) is 0. The molecular weight excluding hydrogens is 152 g/mol. The molecule has 1 atom stereocenters. The van der Waals surface area contributed by atoms with Crippen LogP contribution in [0.3, 0.4) is 0 Å². The van der Waals surface area contributed by atoms with E-state index in [1.165, 1.54) is 0 Å². The molecule has 0 spiro atoms. The number of anilines is 1. The minimum Gasteiger partial charge on any atom is -0.240 e. The molecule has 0 amide bonds. The number of benzene rings is 1. The third-order valence-electron chi connectivity index (χ3n) is 1.58. The summed E-state index contributed by atoms with van der Waals surface area (Å²) in [6.45, 7) is 1.87. The third kappa shape index (κ3) is 1.31. The van der Waals surface area contributed by atoms with E-state index >= 15 is 0 Å². The predicted octanol–water partition coefficient (Wildman–Crippen LogP) is 1.69. The fourth-order valence-electron chi connectivity index (χ4n) is 1.02. The molecule has 0 N–H and O–H groups in total. The van der Waals surface area contributed by atoms with Crippen LogP contribution in [-0.4, -0.2) is 12.6 Å². The summed E-state index contributed by atoms with van der Waals surface area (Å²) in [6.07, 6.45) is 2.64. The van der Waals surface area contributed by atoms with E-state index in [2.05, 4.69) is 11.3 Å². The van der Waals surface area contributed by atoms with Crippen LogP contribution in [-0.2, 0) is 4.84 Å². The van der Waals surface area contributed by atoms with Crippen LogP contribution >= 0.6 is 0 Å². The molecule has 61 valence electrons. The molecule has 1 aliphatic heterocycles. The number of rotatable bonds is 1. The monoisotopic (exact) mass is 161 g/mol. The molecular formula is C9H9N2O. The van der Waals surface area contributed by atoms with E-state index in [0.717, 1.165) is 5.69 Å². The summed E-state index contributed by atoms with van der Waals surface area (Å²) >= 11 is 0. The Kier molecular flexibility index (Phi) is 1.80. The molecule has 3 heteroatoms. The molecule has 1 unspecified atom stereocenters. The molecule has 0 saturated heterocycles. The van der Waals surface area contributed by atoms with Gasteiger partial charge in [-0.05, 0) is 19.1 Å². The minimum absolute atomic E-state index is 0.120. The largest absolute Gasteiger partial charge is 0.240 e. The minimum atomic E-state index is -0.120. The molecule has 2 rings (SSSR count). The fraction of sp³-hybridized carbons (Fsp3) is 0.222. The topological polar surface area (TPSA) is 24.8 Å². The van der Waals surface area contributed by atoms with Crippen LogP contribution in [0.4, 0.5) is 5.69 Å². The SMILES string of the molecule is CC1N=[C]N(c2ccccc2)O1. The Bertz CT molecular complexity index is 284. The summed E-state index contributed by atoms with van der Waals surface area (Å²) < 4.78 is 0. The van der Waals surface area contributed by atoms with Crippen LogP contribution in [0.5, 0.6) is 0 Å². The van der Waals surface area contributed by atoms with E-state index in [0.29, 0.717) is 0 Å². The molecule has 1 heterocycles. The summed E-state index contributed by atoms with van der Waals surface area (Å²) in [4.78, 5) is 9.25. The van der Waals surface area contributed by atoms with Gasteiger partial charge in [0.2, 0.25) is 6.34 Å². The molecule has 1 aromatic carbocycles. The maximum absolute atomic E-state index is 5.30. The lowest BCUT2D eigenvalue weighted by Gasteiger charge is -2.12. The summed E-state index contributed by atoms with van der Waals surface area (Å²) in [5, 5.41) is 1.55. The van der Waals surface area contributed by atoms with E-state index in [1.54, 1.807) is 5.06 Å². The van der Waals surface area contributed by atoms with Gasteiger partial charge in [-0.1, -0.05) is 18.2 Å². The third-order valence-corrected chi connectivity index (χ3v) is 1.58. The van der Waals surface area contributed by atoms with Crippen LogP contribution in [0.15, 0.2) is 35.3 Å². The lowest BCUT2D eigenvalue weighted by Crippen LogP contribution is -2.17. The standard InChI is InChI=1S/C9H9N2O/c1-8-10-7-11(12-8)9-5-3-2-4-6-9/h2-6,8H,1H3. The highest BCUT2D eigenvalue weighted by Crippen LogP contribution is 2.16. The highest BCUT2D eigenvalue weighted by Gasteiger charge is 2.15. The summed E-state index contributed by atoms with van der Waals surface area (Å²) in [5.41, 5.74) is 0.950. The number of para-hydroxylation sites is 1. The molecule has 0 aromatic heterocycles. The van der Waals surface area contributed by atoms with Crippen LogP contribution in [0, 0.1) is 0 Å². The zero-order valence-corrected chi connectivity index (χ0v) is 6.77. The Morgan fingerprint density at radius 1 is 1.42 bits per heavy atom. The lowest BCUT2D eigenvalue weighted by atomic mass is 10.3. The van der Waals surface area contributed by atoms with E-state index < -0.39 is 0 Å². The van der Waals surface area contributed by atoms with Crippen molar-refractivity contribution in [3.8, 4) is 0 Å². The van der Waals surface area contributed by atoms with Gasteiger partial charge in [0.05, 0.1) is 5.69 Å². The van der Waals surface area contributed by atoms with Crippen molar-refractivity contribution < 1.29 is 4.84 Å². The number of hydroxylamine groups is 1. The Balaban J connectivity index is 2.18. The molecule has 1 radical (unpaired) electrons. The quantitative estimate of drug-likeness (QED) is 0.626. The Morgan fingerprint density at radius 3 is 2.75 bits per heavy atom.